The summed E-state index contributed by atoms with van der Waals surface area (Å²) in [4.78, 5) is 11.8. The van der Waals surface area contributed by atoms with Crippen molar-refractivity contribution in [1.29, 1.82) is 0 Å². The Labute approximate surface area is 115 Å². The van der Waals surface area contributed by atoms with E-state index in [9.17, 15) is 9.90 Å². The first-order valence-corrected chi connectivity index (χ1v) is 7.79. The molecule has 1 saturated heterocycles. The molecule has 3 heteroatoms. The van der Waals surface area contributed by atoms with E-state index in [1.165, 1.54) is 6.42 Å². The lowest BCUT2D eigenvalue weighted by Gasteiger charge is -2.59. The topological polar surface area (TPSA) is 46.5 Å². The highest BCUT2D eigenvalue weighted by molar-refractivity contribution is 5.75. The van der Waals surface area contributed by atoms with Gasteiger partial charge in [-0.1, -0.05) is 13.3 Å². The number of carboxylic acid groups (broad SMARTS) is 1. The van der Waals surface area contributed by atoms with Gasteiger partial charge in [-0.15, -0.1) is 0 Å². The SMILES string of the molecule is C[C@]12CCC[C@@](C)(C(=O)O)[C@@H]1CC[C@H]1COCC[C@@H]12. The molecule has 0 amide bonds. The van der Waals surface area contributed by atoms with Crippen molar-refractivity contribution in [1.82, 2.24) is 0 Å². The molecule has 2 aliphatic carbocycles. The van der Waals surface area contributed by atoms with Gasteiger partial charge in [-0.2, -0.15) is 0 Å². The van der Waals surface area contributed by atoms with Crippen LogP contribution in [-0.4, -0.2) is 24.3 Å². The fraction of sp³-hybridized carbons (Fsp3) is 0.938. The number of hydrogen-bond donors (Lipinski definition) is 1. The standard InChI is InChI=1S/C16H26O3/c1-15-7-3-8-16(2,14(17)18)13(15)5-4-11-10-19-9-6-12(11)15/h11-13H,3-10H2,1-2H3,(H,17,18)/t11-,12-,13+,15+,16+/m0/s1. The first-order chi connectivity index (χ1) is 8.98. The highest BCUT2D eigenvalue weighted by atomic mass is 16.5. The van der Waals surface area contributed by atoms with Crippen molar-refractivity contribution in [3.8, 4) is 0 Å². The maximum absolute atomic E-state index is 11.8. The molecule has 3 aliphatic rings. The molecule has 0 radical (unpaired) electrons. The number of rotatable bonds is 1. The molecule has 0 spiro atoms. The minimum atomic E-state index is -0.575. The Morgan fingerprint density at radius 3 is 2.74 bits per heavy atom. The Morgan fingerprint density at radius 2 is 2.00 bits per heavy atom. The van der Waals surface area contributed by atoms with Crippen molar-refractivity contribution in [3.63, 3.8) is 0 Å². The highest BCUT2D eigenvalue weighted by Crippen LogP contribution is 2.62. The monoisotopic (exact) mass is 266 g/mol. The van der Waals surface area contributed by atoms with E-state index < -0.39 is 11.4 Å². The number of fused-ring (bicyclic) bond motifs is 3. The van der Waals surface area contributed by atoms with E-state index in [2.05, 4.69) is 6.92 Å². The van der Waals surface area contributed by atoms with Crippen LogP contribution in [0.3, 0.4) is 0 Å². The Bertz CT molecular complexity index is 380. The molecule has 3 nitrogen and oxygen atoms in total. The van der Waals surface area contributed by atoms with Crippen LogP contribution in [0, 0.1) is 28.6 Å². The van der Waals surface area contributed by atoms with Crippen molar-refractivity contribution in [2.75, 3.05) is 13.2 Å². The average molecular weight is 266 g/mol. The minimum Gasteiger partial charge on any atom is -0.481 e. The molecule has 1 aliphatic heterocycles. The van der Waals surface area contributed by atoms with Crippen LogP contribution in [-0.2, 0) is 9.53 Å². The minimum absolute atomic E-state index is 0.220. The third-order valence-electron chi connectivity index (χ3n) is 6.61. The van der Waals surface area contributed by atoms with Crippen LogP contribution in [0.15, 0.2) is 0 Å². The fourth-order valence-electron chi connectivity index (χ4n) is 5.59. The molecule has 108 valence electrons. The average Bonchev–Trinajstić information content (AvgIpc) is 2.38. The van der Waals surface area contributed by atoms with Crippen LogP contribution in [0.1, 0.15) is 52.4 Å². The summed E-state index contributed by atoms with van der Waals surface area (Å²) in [6.45, 7) is 6.14. The lowest BCUT2D eigenvalue weighted by Crippen LogP contribution is -2.56. The molecule has 3 fully saturated rings. The maximum atomic E-state index is 11.8. The van der Waals surface area contributed by atoms with Crippen molar-refractivity contribution in [3.05, 3.63) is 0 Å². The molecule has 0 unspecified atom stereocenters. The van der Waals surface area contributed by atoms with Crippen LogP contribution in [0.2, 0.25) is 0 Å². The summed E-state index contributed by atoms with van der Waals surface area (Å²) in [6.07, 6.45) is 6.50. The molecule has 0 bridgehead atoms. The van der Waals surface area contributed by atoms with Gasteiger partial charge in [0.15, 0.2) is 0 Å². The van der Waals surface area contributed by atoms with E-state index in [-0.39, 0.29) is 5.41 Å². The molecule has 0 aromatic heterocycles. The van der Waals surface area contributed by atoms with Crippen LogP contribution in [0.25, 0.3) is 0 Å². The zero-order chi connectivity index (χ0) is 13.7. The summed E-state index contributed by atoms with van der Waals surface area (Å²) in [5.41, 5.74) is -0.283. The van der Waals surface area contributed by atoms with Gasteiger partial charge in [0.2, 0.25) is 0 Å². The summed E-state index contributed by atoms with van der Waals surface area (Å²) >= 11 is 0. The van der Waals surface area contributed by atoms with Gasteiger partial charge in [0, 0.05) is 13.2 Å². The summed E-state index contributed by atoms with van der Waals surface area (Å²) in [7, 11) is 0. The number of ether oxygens (including phenoxy) is 1. The fourth-order valence-corrected chi connectivity index (χ4v) is 5.59. The molecule has 2 saturated carbocycles. The lowest BCUT2D eigenvalue weighted by atomic mass is 9.45. The molecular formula is C16H26O3. The number of aliphatic carboxylic acids is 1. The van der Waals surface area contributed by atoms with Crippen molar-refractivity contribution in [2.45, 2.75) is 52.4 Å². The molecule has 5 atom stereocenters. The molecule has 0 aromatic carbocycles. The van der Waals surface area contributed by atoms with Crippen molar-refractivity contribution in [2.24, 2.45) is 28.6 Å². The van der Waals surface area contributed by atoms with Crippen LogP contribution in [0.5, 0.6) is 0 Å². The third-order valence-corrected chi connectivity index (χ3v) is 6.61. The molecule has 1 N–H and O–H groups in total. The van der Waals surface area contributed by atoms with Gasteiger partial charge in [0.05, 0.1) is 5.41 Å². The zero-order valence-corrected chi connectivity index (χ0v) is 12.2. The van der Waals surface area contributed by atoms with Crippen LogP contribution >= 0.6 is 0 Å². The lowest BCUT2D eigenvalue weighted by molar-refractivity contribution is -0.177. The molecule has 1 heterocycles. The van der Waals surface area contributed by atoms with E-state index >= 15 is 0 Å². The van der Waals surface area contributed by atoms with Crippen molar-refractivity contribution < 1.29 is 14.6 Å². The Balaban J connectivity index is 1.94. The molecule has 0 aromatic rings. The first kappa shape index (κ1) is 13.4. The summed E-state index contributed by atoms with van der Waals surface area (Å²) in [5.74, 6) is 1.13. The van der Waals surface area contributed by atoms with Gasteiger partial charge in [-0.3, -0.25) is 4.79 Å². The largest absolute Gasteiger partial charge is 0.481 e. The number of hydrogen-bond acceptors (Lipinski definition) is 2. The molecule has 19 heavy (non-hydrogen) atoms. The second-order valence-electron chi connectivity index (χ2n) is 7.44. The highest BCUT2D eigenvalue weighted by Gasteiger charge is 2.58. The normalized spacial score (nSPS) is 50.1. The third kappa shape index (κ3) is 1.84. The molecular weight excluding hydrogens is 240 g/mol. The van der Waals surface area contributed by atoms with Crippen LogP contribution in [0.4, 0.5) is 0 Å². The van der Waals surface area contributed by atoms with Gasteiger partial charge < -0.3 is 9.84 Å². The Kier molecular flexibility index (Phi) is 3.16. The second kappa shape index (κ2) is 4.47. The van der Waals surface area contributed by atoms with E-state index in [4.69, 9.17) is 4.74 Å². The van der Waals surface area contributed by atoms with Gasteiger partial charge in [-0.25, -0.2) is 0 Å². The second-order valence-corrected chi connectivity index (χ2v) is 7.44. The van der Waals surface area contributed by atoms with E-state index in [0.717, 1.165) is 45.3 Å². The van der Waals surface area contributed by atoms with Gasteiger partial charge in [0.25, 0.3) is 0 Å². The quantitative estimate of drug-likeness (QED) is 0.792. The van der Waals surface area contributed by atoms with Gasteiger partial charge in [0.1, 0.15) is 0 Å². The summed E-state index contributed by atoms with van der Waals surface area (Å²) in [6, 6.07) is 0. The predicted molar refractivity (Wildman–Crippen MR) is 72.8 cm³/mol. The summed E-state index contributed by atoms with van der Waals surface area (Å²) < 4.78 is 5.65. The zero-order valence-electron chi connectivity index (χ0n) is 12.2. The molecule has 3 rings (SSSR count). The van der Waals surface area contributed by atoms with E-state index in [1.54, 1.807) is 0 Å². The maximum Gasteiger partial charge on any atom is 0.309 e. The predicted octanol–water partition coefficient (Wildman–Crippen LogP) is 3.33. The summed E-state index contributed by atoms with van der Waals surface area (Å²) in [5, 5.41) is 9.72. The van der Waals surface area contributed by atoms with Gasteiger partial charge >= 0.3 is 5.97 Å². The Hall–Kier alpha value is -0.570. The smallest absolute Gasteiger partial charge is 0.309 e. The number of carboxylic acids is 1. The number of carbonyl (C=O) groups is 1. The van der Waals surface area contributed by atoms with Crippen LogP contribution < -0.4 is 0 Å². The first-order valence-electron chi connectivity index (χ1n) is 7.79. The Morgan fingerprint density at radius 1 is 1.21 bits per heavy atom. The van der Waals surface area contributed by atoms with Gasteiger partial charge in [-0.05, 0) is 62.2 Å². The van der Waals surface area contributed by atoms with E-state index in [0.29, 0.717) is 17.8 Å². The van der Waals surface area contributed by atoms with Crippen molar-refractivity contribution >= 4 is 5.97 Å². The van der Waals surface area contributed by atoms with E-state index in [1.807, 2.05) is 6.92 Å².